The van der Waals surface area contributed by atoms with Crippen molar-refractivity contribution in [3.63, 3.8) is 0 Å². The van der Waals surface area contributed by atoms with Crippen LogP contribution in [0.1, 0.15) is 18.4 Å². The maximum absolute atomic E-state index is 10.3. The summed E-state index contributed by atoms with van der Waals surface area (Å²) in [4.78, 5) is 0. The van der Waals surface area contributed by atoms with Gasteiger partial charge in [-0.25, -0.2) is 0 Å². The van der Waals surface area contributed by atoms with Crippen molar-refractivity contribution in [3.05, 3.63) is 29.8 Å². The fourth-order valence-electron chi connectivity index (χ4n) is 1.99. The fraction of sp³-hybridized carbons (Fsp3) is 0.455. The van der Waals surface area contributed by atoms with Gasteiger partial charge in [0.15, 0.2) is 0 Å². The molecule has 1 aromatic rings. The summed E-state index contributed by atoms with van der Waals surface area (Å²) in [6.45, 7) is 1.19. The zero-order valence-corrected chi connectivity index (χ0v) is 8.16. The van der Waals surface area contributed by atoms with Crippen molar-refractivity contribution in [3.8, 4) is 0 Å². The minimum absolute atomic E-state index is 0.283. The van der Waals surface area contributed by atoms with Gasteiger partial charge >= 0.3 is 0 Å². The Labute approximate surface area is 83.9 Å². The highest BCUT2D eigenvalue weighted by Crippen LogP contribution is 2.33. The van der Waals surface area contributed by atoms with E-state index in [4.69, 9.17) is 5.73 Å². The molecule has 0 amide bonds. The smallest absolute Gasteiger partial charge is 0.104 e. The van der Waals surface area contributed by atoms with E-state index in [-0.39, 0.29) is 6.54 Å². The van der Waals surface area contributed by atoms with Gasteiger partial charge in [0.05, 0.1) is 0 Å². The van der Waals surface area contributed by atoms with Gasteiger partial charge in [-0.2, -0.15) is 0 Å². The number of aliphatic hydroxyl groups is 1. The van der Waals surface area contributed by atoms with Crippen LogP contribution < -0.4 is 11.1 Å². The van der Waals surface area contributed by atoms with Crippen molar-refractivity contribution in [2.24, 2.45) is 5.73 Å². The number of nitrogens with two attached hydrogens (primary N) is 1. The van der Waals surface area contributed by atoms with Crippen LogP contribution in [0.3, 0.4) is 0 Å². The first-order valence-corrected chi connectivity index (χ1v) is 5.02. The van der Waals surface area contributed by atoms with Crippen molar-refractivity contribution in [1.82, 2.24) is 0 Å². The van der Waals surface area contributed by atoms with E-state index >= 15 is 0 Å². The van der Waals surface area contributed by atoms with Gasteiger partial charge in [-0.3, -0.25) is 0 Å². The normalized spacial score (nSPS) is 26.1. The summed E-state index contributed by atoms with van der Waals surface area (Å²) in [6, 6.07) is 7.84. The van der Waals surface area contributed by atoms with Crippen LogP contribution in [0.4, 0.5) is 5.69 Å². The summed E-state index contributed by atoms with van der Waals surface area (Å²) in [7, 11) is 0. The SMILES string of the molecule is NCC1(O)CCCNc2ccccc21. The average molecular weight is 192 g/mol. The highest BCUT2D eigenvalue weighted by Gasteiger charge is 2.31. The van der Waals surface area contributed by atoms with Crippen molar-refractivity contribution in [2.45, 2.75) is 18.4 Å². The lowest BCUT2D eigenvalue weighted by molar-refractivity contribution is 0.0379. The Balaban J connectivity index is 2.47. The number of para-hydroxylation sites is 1. The van der Waals surface area contributed by atoms with Crippen LogP contribution >= 0.6 is 0 Å². The molecule has 2 rings (SSSR count). The highest BCUT2D eigenvalue weighted by atomic mass is 16.3. The standard InChI is InChI=1S/C11H16N2O/c12-8-11(14)6-3-7-13-10-5-2-1-4-9(10)11/h1-2,4-5,13-14H,3,6-8,12H2. The summed E-state index contributed by atoms with van der Waals surface area (Å²) < 4.78 is 0. The minimum atomic E-state index is -0.847. The van der Waals surface area contributed by atoms with Crippen LogP contribution in [-0.4, -0.2) is 18.2 Å². The largest absolute Gasteiger partial charge is 0.385 e. The van der Waals surface area contributed by atoms with E-state index in [2.05, 4.69) is 5.32 Å². The first kappa shape index (κ1) is 9.49. The molecule has 14 heavy (non-hydrogen) atoms. The number of anilines is 1. The van der Waals surface area contributed by atoms with Crippen LogP contribution in [0.5, 0.6) is 0 Å². The topological polar surface area (TPSA) is 58.3 Å². The van der Waals surface area contributed by atoms with E-state index in [9.17, 15) is 5.11 Å². The number of fused-ring (bicyclic) bond motifs is 1. The number of nitrogens with one attached hydrogen (secondary N) is 1. The second-order valence-electron chi connectivity index (χ2n) is 3.81. The van der Waals surface area contributed by atoms with Gasteiger partial charge in [0.25, 0.3) is 0 Å². The third-order valence-electron chi connectivity index (χ3n) is 2.85. The Morgan fingerprint density at radius 3 is 3.00 bits per heavy atom. The van der Waals surface area contributed by atoms with Gasteiger partial charge in [-0.15, -0.1) is 0 Å². The molecule has 1 atom stereocenters. The van der Waals surface area contributed by atoms with Gasteiger partial charge in [0.2, 0.25) is 0 Å². The van der Waals surface area contributed by atoms with Crippen LogP contribution in [0, 0.1) is 0 Å². The Morgan fingerprint density at radius 2 is 2.21 bits per heavy atom. The van der Waals surface area contributed by atoms with Crippen LogP contribution in [-0.2, 0) is 5.60 Å². The molecule has 1 aromatic carbocycles. The molecule has 0 saturated carbocycles. The minimum Gasteiger partial charge on any atom is -0.385 e. The Kier molecular flexibility index (Phi) is 2.44. The molecule has 1 aliphatic rings. The molecule has 1 unspecified atom stereocenters. The average Bonchev–Trinajstić information content (AvgIpc) is 2.40. The lowest BCUT2D eigenvalue weighted by Crippen LogP contribution is -2.34. The molecule has 0 saturated heterocycles. The summed E-state index contributed by atoms with van der Waals surface area (Å²) in [5.74, 6) is 0. The van der Waals surface area contributed by atoms with E-state index in [1.807, 2.05) is 24.3 Å². The zero-order chi connectivity index (χ0) is 10.0. The van der Waals surface area contributed by atoms with E-state index < -0.39 is 5.60 Å². The molecule has 3 heteroatoms. The Hall–Kier alpha value is -1.06. The maximum atomic E-state index is 10.3. The molecule has 0 aliphatic carbocycles. The third kappa shape index (κ3) is 1.49. The predicted molar refractivity (Wildman–Crippen MR) is 57.1 cm³/mol. The van der Waals surface area contributed by atoms with E-state index in [0.29, 0.717) is 0 Å². The molecular weight excluding hydrogens is 176 g/mol. The molecule has 0 spiro atoms. The third-order valence-corrected chi connectivity index (χ3v) is 2.85. The van der Waals surface area contributed by atoms with E-state index in [0.717, 1.165) is 30.6 Å². The van der Waals surface area contributed by atoms with Crippen molar-refractivity contribution in [2.75, 3.05) is 18.4 Å². The lowest BCUT2D eigenvalue weighted by Gasteiger charge is -2.26. The molecule has 1 heterocycles. The van der Waals surface area contributed by atoms with Gasteiger partial charge in [0, 0.05) is 24.3 Å². The van der Waals surface area contributed by atoms with Gasteiger partial charge in [-0.05, 0) is 18.9 Å². The Bertz CT molecular complexity index is 327. The quantitative estimate of drug-likeness (QED) is 0.623. The van der Waals surface area contributed by atoms with Crippen LogP contribution in [0.15, 0.2) is 24.3 Å². The molecule has 1 aliphatic heterocycles. The summed E-state index contributed by atoms with van der Waals surface area (Å²) in [5.41, 5.74) is 6.74. The lowest BCUT2D eigenvalue weighted by atomic mass is 9.89. The molecule has 4 N–H and O–H groups in total. The second kappa shape index (κ2) is 3.59. The summed E-state index contributed by atoms with van der Waals surface area (Å²) in [6.07, 6.45) is 1.68. The van der Waals surface area contributed by atoms with Crippen LogP contribution in [0.2, 0.25) is 0 Å². The zero-order valence-electron chi connectivity index (χ0n) is 8.16. The number of rotatable bonds is 1. The highest BCUT2D eigenvalue weighted by molar-refractivity contribution is 5.54. The Morgan fingerprint density at radius 1 is 1.43 bits per heavy atom. The first-order valence-electron chi connectivity index (χ1n) is 5.02. The molecule has 0 fully saturated rings. The maximum Gasteiger partial charge on any atom is 0.104 e. The van der Waals surface area contributed by atoms with E-state index in [1.165, 1.54) is 0 Å². The molecule has 0 aromatic heterocycles. The van der Waals surface area contributed by atoms with Crippen molar-refractivity contribution < 1.29 is 5.11 Å². The number of hydrogen-bond donors (Lipinski definition) is 3. The van der Waals surface area contributed by atoms with Gasteiger partial charge < -0.3 is 16.2 Å². The van der Waals surface area contributed by atoms with Crippen molar-refractivity contribution >= 4 is 5.69 Å². The van der Waals surface area contributed by atoms with Crippen molar-refractivity contribution in [1.29, 1.82) is 0 Å². The first-order chi connectivity index (χ1) is 6.76. The van der Waals surface area contributed by atoms with Crippen LogP contribution in [0.25, 0.3) is 0 Å². The predicted octanol–water partition coefficient (Wildman–Crippen LogP) is 1.04. The molecule has 3 nitrogen and oxygen atoms in total. The second-order valence-corrected chi connectivity index (χ2v) is 3.81. The molecule has 0 bridgehead atoms. The molecule has 0 radical (unpaired) electrons. The number of hydrogen-bond acceptors (Lipinski definition) is 3. The van der Waals surface area contributed by atoms with Gasteiger partial charge in [0.1, 0.15) is 5.60 Å². The number of benzene rings is 1. The monoisotopic (exact) mass is 192 g/mol. The van der Waals surface area contributed by atoms with E-state index in [1.54, 1.807) is 0 Å². The summed E-state index contributed by atoms with van der Waals surface area (Å²) >= 11 is 0. The molecular formula is C11H16N2O. The fourth-order valence-corrected chi connectivity index (χ4v) is 1.99. The summed E-state index contributed by atoms with van der Waals surface area (Å²) in [5, 5.41) is 13.6. The molecule has 76 valence electrons. The van der Waals surface area contributed by atoms with Gasteiger partial charge in [-0.1, -0.05) is 18.2 Å².